The summed E-state index contributed by atoms with van der Waals surface area (Å²) in [6.07, 6.45) is 2.02. The Bertz CT molecular complexity index is 532. The topological polar surface area (TPSA) is 44.1 Å². The summed E-state index contributed by atoms with van der Waals surface area (Å²) in [5, 5.41) is 0. The summed E-state index contributed by atoms with van der Waals surface area (Å²) in [6, 6.07) is 9.62. The van der Waals surface area contributed by atoms with Gasteiger partial charge in [0.05, 0.1) is 5.69 Å². The van der Waals surface area contributed by atoms with Crippen LogP contribution in [0.25, 0.3) is 0 Å². The average Bonchev–Trinajstić information content (AvgIpc) is 2.78. The monoisotopic (exact) mass is 244 g/mol. The normalized spacial score (nSPS) is 10.3. The van der Waals surface area contributed by atoms with Crippen LogP contribution in [0.1, 0.15) is 24.0 Å². The Balaban J connectivity index is 2.04. The average molecular weight is 244 g/mol. The number of benzene rings is 1. The lowest BCUT2D eigenvalue weighted by atomic mass is 10.2. The van der Waals surface area contributed by atoms with Gasteiger partial charge < -0.3 is 4.74 Å². The Kier molecular flexibility index (Phi) is 3.77. The number of rotatable bonds is 3. The van der Waals surface area contributed by atoms with E-state index in [1.165, 1.54) is 4.57 Å². The van der Waals surface area contributed by atoms with Gasteiger partial charge in [0.1, 0.15) is 12.4 Å². The number of imidazole rings is 1. The molecule has 0 saturated heterocycles. The van der Waals surface area contributed by atoms with E-state index in [-0.39, 0.29) is 12.7 Å². The van der Waals surface area contributed by atoms with Crippen LogP contribution < -0.4 is 0 Å². The summed E-state index contributed by atoms with van der Waals surface area (Å²) in [6.45, 7) is 4.10. The van der Waals surface area contributed by atoms with Crippen molar-refractivity contribution in [1.29, 1.82) is 0 Å². The van der Waals surface area contributed by atoms with Gasteiger partial charge in [0.2, 0.25) is 0 Å². The number of ether oxygens (including phenoxy) is 1. The Morgan fingerprint density at radius 3 is 2.72 bits per heavy atom. The van der Waals surface area contributed by atoms with E-state index < -0.39 is 0 Å². The molecular formula is C14H16N2O2. The summed E-state index contributed by atoms with van der Waals surface area (Å²) in [7, 11) is 0. The Morgan fingerprint density at radius 1 is 1.33 bits per heavy atom. The molecule has 1 aromatic carbocycles. The van der Waals surface area contributed by atoms with Gasteiger partial charge in [-0.25, -0.2) is 14.3 Å². The van der Waals surface area contributed by atoms with Crippen LogP contribution in [0.2, 0.25) is 0 Å². The molecule has 2 rings (SSSR count). The quantitative estimate of drug-likeness (QED) is 0.833. The molecule has 0 fully saturated rings. The zero-order chi connectivity index (χ0) is 13.0. The van der Waals surface area contributed by atoms with Crippen LogP contribution in [0.3, 0.4) is 0 Å². The molecule has 0 atom stereocenters. The van der Waals surface area contributed by atoms with Crippen molar-refractivity contribution in [2.24, 2.45) is 0 Å². The van der Waals surface area contributed by atoms with Crippen molar-refractivity contribution in [2.75, 3.05) is 0 Å². The number of carbonyl (C=O) groups is 1. The lowest BCUT2D eigenvalue weighted by Crippen LogP contribution is -2.15. The van der Waals surface area contributed by atoms with Crippen molar-refractivity contribution in [3.05, 3.63) is 53.6 Å². The highest BCUT2D eigenvalue weighted by molar-refractivity contribution is 5.71. The Labute approximate surface area is 106 Å². The molecule has 0 N–H and O–H groups in total. The first-order valence-corrected chi connectivity index (χ1v) is 5.96. The SMILES string of the molecule is CCc1nc(C)cn1C(=O)OCc1ccccc1. The van der Waals surface area contributed by atoms with Gasteiger partial charge in [-0.05, 0) is 12.5 Å². The molecule has 4 heteroatoms. The molecule has 0 aliphatic rings. The van der Waals surface area contributed by atoms with E-state index in [0.29, 0.717) is 6.42 Å². The van der Waals surface area contributed by atoms with Gasteiger partial charge in [-0.3, -0.25) is 0 Å². The molecule has 18 heavy (non-hydrogen) atoms. The minimum absolute atomic E-state index is 0.278. The molecule has 1 heterocycles. The molecule has 0 radical (unpaired) electrons. The van der Waals surface area contributed by atoms with Gasteiger partial charge in [-0.15, -0.1) is 0 Å². The predicted molar refractivity (Wildman–Crippen MR) is 68.4 cm³/mol. The molecule has 0 bridgehead atoms. The van der Waals surface area contributed by atoms with Crippen molar-refractivity contribution >= 4 is 6.09 Å². The van der Waals surface area contributed by atoms with Crippen molar-refractivity contribution in [1.82, 2.24) is 9.55 Å². The molecule has 0 unspecified atom stereocenters. The van der Waals surface area contributed by atoms with E-state index in [1.54, 1.807) is 6.20 Å². The highest BCUT2D eigenvalue weighted by Crippen LogP contribution is 2.07. The minimum atomic E-state index is -0.378. The number of hydrogen-bond acceptors (Lipinski definition) is 3. The van der Waals surface area contributed by atoms with Crippen LogP contribution in [0.5, 0.6) is 0 Å². The fourth-order valence-corrected chi connectivity index (χ4v) is 1.74. The van der Waals surface area contributed by atoms with E-state index in [9.17, 15) is 4.79 Å². The first kappa shape index (κ1) is 12.4. The fraction of sp³-hybridized carbons (Fsp3) is 0.286. The first-order valence-electron chi connectivity index (χ1n) is 5.96. The van der Waals surface area contributed by atoms with Crippen molar-refractivity contribution in [3.63, 3.8) is 0 Å². The maximum atomic E-state index is 11.9. The van der Waals surface area contributed by atoms with Crippen LogP contribution in [0.15, 0.2) is 36.5 Å². The highest BCUT2D eigenvalue weighted by atomic mass is 16.5. The summed E-state index contributed by atoms with van der Waals surface area (Å²) >= 11 is 0. The van der Waals surface area contributed by atoms with E-state index in [0.717, 1.165) is 17.1 Å². The number of carbonyl (C=O) groups excluding carboxylic acids is 1. The van der Waals surface area contributed by atoms with E-state index in [2.05, 4.69) is 4.98 Å². The first-order chi connectivity index (χ1) is 8.70. The highest BCUT2D eigenvalue weighted by Gasteiger charge is 2.12. The molecule has 2 aromatic rings. The van der Waals surface area contributed by atoms with Gasteiger partial charge in [0.15, 0.2) is 0 Å². The molecule has 94 valence electrons. The van der Waals surface area contributed by atoms with Gasteiger partial charge in [0.25, 0.3) is 0 Å². The number of aryl methyl sites for hydroxylation is 2. The van der Waals surface area contributed by atoms with E-state index >= 15 is 0 Å². The summed E-state index contributed by atoms with van der Waals surface area (Å²) in [5.41, 5.74) is 1.80. The third-order valence-electron chi connectivity index (χ3n) is 2.62. The van der Waals surface area contributed by atoms with Crippen LogP contribution in [-0.2, 0) is 17.8 Å². The molecular weight excluding hydrogens is 228 g/mol. The van der Waals surface area contributed by atoms with Crippen LogP contribution >= 0.6 is 0 Å². The van der Waals surface area contributed by atoms with Crippen LogP contribution in [0, 0.1) is 6.92 Å². The van der Waals surface area contributed by atoms with Crippen LogP contribution in [-0.4, -0.2) is 15.6 Å². The third kappa shape index (κ3) is 2.77. The maximum absolute atomic E-state index is 11.9. The number of nitrogens with zero attached hydrogens (tertiary/aromatic N) is 2. The second-order valence-corrected chi connectivity index (χ2v) is 4.06. The van der Waals surface area contributed by atoms with E-state index in [4.69, 9.17) is 4.74 Å². The molecule has 0 aliphatic heterocycles. The number of aromatic nitrogens is 2. The smallest absolute Gasteiger partial charge is 0.419 e. The third-order valence-corrected chi connectivity index (χ3v) is 2.62. The van der Waals surface area contributed by atoms with Gasteiger partial charge in [0, 0.05) is 12.6 Å². The fourth-order valence-electron chi connectivity index (χ4n) is 1.74. The van der Waals surface area contributed by atoms with Crippen molar-refractivity contribution in [2.45, 2.75) is 26.9 Å². The lowest BCUT2D eigenvalue weighted by molar-refractivity contribution is 0.140. The molecule has 0 saturated carbocycles. The number of hydrogen-bond donors (Lipinski definition) is 0. The zero-order valence-electron chi connectivity index (χ0n) is 10.6. The lowest BCUT2D eigenvalue weighted by Gasteiger charge is -2.06. The molecule has 1 aromatic heterocycles. The molecule has 0 aliphatic carbocycles. The van der Waals surface area contributed by atoms with Gasteiger partial charge in [-0.2, -0.15) is 0 Å². The zero-order valence-corrected chi connectivity index (χ0v) is 10.6. The Hall–Kier alpha value is -2.10. The van der Waals surface area contributed by atoms with Crippen molar-refractivity contribution < 1.29 is 9.53 Å². The second-order valence-electron chi connectivity index (χ2n) is 4.06. The van der Waals surface area contributed by atoms with Gasteiger partial charge >= 0.3 is 6.09 Å². The summed E-state index contributed by atoms with van der Waals surface area (Å²) in [5.74, 6) is 0.727. The van der Waals surface area contributed by atoms with E-state index in [1.807, 2.05) is 44.2 Å². The second kappa shape index (κ2) is 5.49. The largest absolute Gasteiger partial charge is 0.444 e. The molecule has 0 amide bonds. The van der Waals surface area contributed by atoms with Crippen LogP contribution in [0.4, 0.5) is 4.79 Å². The predicted octanol–water partition coefficient (Wildman–Crippen LogP) is 2.94. The minimum Gasteiger partial charge on any atom is -0.444 e. The van der Waals surface area contributed by atoms with Crippen molar-refractivity contribution in [3.8, 4) is 0 Å². The van der Waals surface area contributed by atoms with Gasteiger partial charge in [-0.1, -0.05) is 37.3 Å². The standard InChI is InChI=1S/C14H16N2O2/c1-3-13-15-11(2)9-16(13)14(17)18-10-12-7-5-4-6-8-12/h4-9H,3,10H2,1-2H3. The molecule has 4 nitrogen and oxygen atoms in total. The maximum Gasteiger partial charge on any atom is 0.419 e. The Morgan fingerprint density at radius 2 is 2.06 bits per heavy atom. The summed E-state index contributed by atoms with van der Waals surface area (Å²) < 4.78 is 6.72. The summed E-state index contributed by atoms with van der Waals surface area (Å²) in [4.78, 5) is 16.2. The molecule has 0 spiro atoms.